The van der Waals surface area contributed by atoms with Gasteiger partial charge in [-0.2, -0.15) is 0 Å². The van der Waals surface area contributed by atoms with Gasteiger partial charge in [-0.3, -0.25) is 0 Å². The Morgan fingerprint density at radius 1 is 1.00 bits per heavy atom. The van der Waals surface area contributed by atoms with E-state index in [0.717, 1.165) is 18.5 Å². The van der Waals surface area contributed by atoms with Crippen LogP contribution in [-0.2, 0) is 0 Å². The molecule has 0 amide bonds. The average Bonchev–Trinajstić information content (AvgIpc) is 3.37. The molecule has 0 spiro atoms. The smallest absolute Gasteiger partial charge is 0.0173 e. The lowest BCUT2D eigenvalue weighted by Gasteiger charge is -2.24. The van der Waals surface area contributed by atoms with Crippen molar-refractivity contribution in [2.45, 2.75) is 51.0 Å². The molecule has 0 aliphatic heterocycles. The van der Waals surface area contributed by atoms with Crippen molar-refractivity contribution in [2.24, 2.45) is 5.92 Å². The Labute approximate surface area is 129 Å². The maximum Gasteiger partial charge on any atom is 0.0173 e. The highest BCUT2D eigenvalue weighted by atomic mass is 14.9. The second-order valence-electron chi connectivity index (χ2n) is 6.50. The number of hydrogen-bond donors (Lipinski definition) is 1. The minimum absolute atomic E-state index is 0.801. The van der Waals surface area contributed by atoms with Gasteiger partial charge in [-0.05, 0) is 37.2 Å². The first-order valence-corrected chi connectivity index (χ1v) is 8.57. The maximum atomic E-state index is 3.70. The van der Waals surface area contributed by atoms with Gasteiger partial charge < -0.3 is 5.32 Å². The van der Waals surface area contributed by atoms with E-state index in [0.29, 0.717) is 0 Å². The summed E-state index contributed by atoms with van der Waals surface area (Å²) in [5.41, 5.74) is 2.90. The molecule has 21 heavy (non-hydrogen) atoms. The Bertz CT molecular complexity index is 476. The number of allylic oxidation sites excluding steroid dienone is 2. The summed E-state index contributed by atoms with van der Waals surface area (Å²) < 4.78 is 0. The van der Waals surface area contributed by atoms with E-state index in [4.69, 9.17) is 0 Å². The van der Waals surface area contributed by atoms with E-state index in [2.05, 4.69) is 53.9 Å². The molecule has 1 N–H and O–H groups in total. The third kappa shape index (κ3) is 4.86. The first-order valence-electron chi connectivity index (χ1n) is 8.57. The van der Waals surface area contributed by atoms with Crippen LogP contribution in [0.15, 0.2) is 48.1 Å². The second kappa shape index (κ2) is 7.61. The van der Waals surface area contributed by atoms with Gasteiger partial charge in [-0.25, -0.2) is 0 Å². The van der Waals surface area contributed by atoms with Crippen LogP contribution in [0.3, 0.4) is 0 Å². The quantitative estimate of drug-likeness (QED) is 0.727. The van der Waals surface area contributed by atoms with Crippen LogP contribution in [0.4, 0.5) is 0 Å². The van der Waals surface area contributed by atoms with Crippen molar-refractivity contribution in [3.05, 3.63) is 53.6 Å². The minimum Gasteiger partial charge on any atom is -0.310 e. The van der Waals surface area contributed by atoms with E-state index in [-0.39, 0.29) is 0 Å². The molecule has 0 aromatic heterocycles. The zero-order chi connectivity index (χ0) is 14.3. The van der Waals surface area contributed by atoms with Gasteiger partial charge in [0.05, 0.1) is 0 Å². The predicted molar refractivity (Wildman–Crippen MR) is 91.2 cm³/mol. The number of nitrogens with one attached hydrogen (secondary N) is 1. The fraction of sp³-hybridized carbons (Fsp3) is 0.500. The Morgan fingerprint density at radius 2 is 1.76 bits per heavy atom. The average molecular weight is 281 g/mol. The molecule has 2 fully saturated rings. The maximum absolute atomic E-state index is 3.70. The zero-order valence-corrected chi connectivity index (χ0v) is 12.9. The van der Waals surface area contributed by atoms with Gasteiger partial charge >= 0.3 is 0 Å². The first-order chi connectivity index (χ1) is 10.4. The number of hydrogen-bond acceptors (Lipinski definition) is 1. The molecule has 3 rings (SSSR count). The molecule has 0 atom stereocenters. The van der Waals surface area contributed by atoms with Crippen LogP contribution in [0.1, 0.15) is 50.5 Å². The minimum atomic E-state index is 0.801. The van der Waals surface area contributed by atoms with Crippen LogP contribution < -0.4 is 5.32 Å². The van der Waals surface area contributed by atoms with E-state index in [1.807, 2.05) is 0 Å². The van der Waals surface area contributed by atoms with Crippen molar-refractivity contribution in [3.63, 3.8) is 0 Å². The van der Waals surface area contributed by atoms with Gasteiger partial charge in [0.25, 0.3) is 0 Å². The highest BCUT2D eigenvalue weighted by Crippen LogP contribution is 2.30. The molecule has 112 valence electrons. The number of rotatable bonds is 6. The lowest BCUT2D eigenvalue weighted by Crippen LogP contribution is -2.23. The van der Waals surface area contributed by atoms with Crippen molar-refractivity contribution >= 4 is 6.08 Å². The van der Waals surface area contributed by atoms with Crippen LogP contribution in [0.25, 0.3) is 6.08 Å². The predicted octanol–water partition coefficient (Wildman–Crippen LogP) is 4.96. The molecule has 2 saturated carbocycles. The Hall–Kier alpha value is -1.34. The normalized spacial score (nSPS) is 21.0. The van der Waals surface area contributed by atoms with Crippen LogP contribution in [-0.4, -0.2) is 12.6 Å². The second-order valence-corrected chi connectivity index (χ2v) is 6.50. The Morgan fingerprint density at radius 3 is 2.48 bits per heavy atom. The molecule has 1 nitrogen and oxygen atoms in total. The first kappa shape index (κ1) is 14.6. The molecule has 2 aliphatic rings. The van der Waals surface area contributed by atoms with Crippen LogP contribution >= 0.6 is 0 Å². The molecule has 0 heterocycles. The Kier molecular flexibility index (Phi) is 5.29. The summed E-state index contributed by atoms with van der Waals surface area (Å²) in [5, 5.41) is 3.70. The molecule has 2 aliphatic carbocycles. The summed E-state index contributed by atoms with van der Waals surface area (Å²) >= 11 is 0. The summed E-state index contributed by atoms with van der Waals surface area (Å²) in [7, 11) is 0. The van der Waals surface area contributed by atoms with Crippen LogP contribution in [0.5, 0.6) is 0 Å². The molecule has 1 heteroatoms. The van der Waals surface area contributed by atoms with Crippen LogP contribution in [0.2, 0.25) is 0 Å². The van der Waals surface area contributed by atoms with Crippen molar-refractivity contribution < 1.29 is 0 Å². The topological polar surface area (TPSA) is 12.0 Å². The van der Waals surface area contributed by atoms with Gasteiger partial charge in [-0.1, -0.05) is 73.4 Å². The monoisotopic (exact) mass is 281 g/mol. The molecule has 0 unspecified atom stereocenters. The van der Waals surface area contributed by atoms with Crippen molar-refractivity contribution in [1.82, 2.24) is 5.32 Å². The third-order valence-corrected chi connectivity index (χ3v) is 4.70. The standard InChI is InChI=1S/C20H27N/c1-3-8-17(9-4-1)10-7-13-19(16-21-20-14-15-20)18-11-5-2-6-12-18/h1,3-4,7-10,13,18,20-21H,2,5-6,11-12,14-16H2/b10-7?,19-13-. The van der Waals surface area contributed by atoms with E-state index >= 15 is 0 Å². The summed E-state index contributed by atoms with van der Waals surface area (Å²) in [5.74, 6) is 0.811. The molecule has 1 aromatic rings. The fourth-order valence-electron chi connectivity index (χ4n) is 3.21. The van der Waals surface area contributed by atoms with E-state index in [9.17, 15) is 0 Å². The summed E-state index contributed by atoms with van der Waals surface area (Å²) in [4.78, 5) is 0. The van der Waals surface area contributed by atoms with Gasteiger partial charge in [0.1, 0.15) is 0 Å². The van der Waals surface area contributed by atoms with Crippen molar-refractivity contribution in [1.29, 1.82) is 0 Å². The van der Waals surface area contributed by atoms with E-state index in [1.54, 1.807) is 5.57 Å². The lowest BCUT2D eigenvalue weighted by atomic mass is 9.83. The largest absolute Gasteiger partial charge is 0.310 e. The zero-order valence-electron chi connectivity index (χ0n) is 12.9. The summed E-state index contributed by atoms with van der Waals surface area (Å²) in [6, 6.07) is 11.4. The molecular formula is C20H27N. The number of benzene rings is 1. The molecule has 0 radical (unpaired) electrons. The van der Waals surface area contributed by atoms with E-state index < -0.39 is 0 Å². The van der Waals surface area contributed by atoms with Crippen LogP contribution in [0, 0.1) is 5.92 Å². The third-order valence-electron chi connectivity index (χ3n) is 4.70. The molecule has 0 saturated heterocycles. The lowest BCUT2D eigenvalue weighted by molar-refractivity contribution is 0.394. The highest BCUT2D eigenvalue weighted by molar-refractivity contribution is 5.51. The molecule has 1 aromatic carbocycles. The van der Waals surface area contributed by atoms with Crippen molar-refractivity contribution in [2.75, 3.05) is 6.54 Å². The van der Waals surface area contributed by atoms with Crippen molar-refractivity contribution in [3.8, 4) is 0 Å². The van der Waals surface area contributed by atoms with Gasteiger partial charge in [0.2, 0.25) is 0 Å². The van der Waals surface area contributed by atoms with Gasteiger partial charge in [0, 0.05) is 12.6 Å². The SMILES string of the molecule is C(=Cc1ccccc1)/C=C(/CNC1CC1)C1CCCCC1. The molecule has 0 bridgehead atoms. The van der Waals surface area contributed by atoms with Gasteiger partial charge in [-0.15, -0.1) is 0 Å². The fourth-order valence-corrected chi connectivity index (χ4v) is 3.21. The van der Waals surface area contributed by atoms with Gasteiger partial charge in [0.15, 0.2) is 0 Å². The summed E-state index contributed by atoms with van der Waals surface area (Å²) in [6.45, 7) is 1.09. The Balaban J connectivity index is 1.63. The molecular weight excluding hydrogens is 254 g/mol. The summed E-state index contributed by atoms with van der Waals surface area (Å²) in [6.07, 6.45) is 16.6. The highest BCUT2D eigenvalue weighted by Gasteiger charge is 2.23. The van der Waals surface area contributed by atoms with E-state index in [1.165, 1.54) is 50.5 Å².